The number of aryl methyl sites for hydroxylation is 1. The first-order valence-corrected chi connectivity index (χ1v) is 10.9. The summed E-state index contributed by atoms with van der Waals surface area (Å²) in [6, 6.07) is 4.06. The van der Waals surface area contributed by atoms with E-state index in [9.17, 15) is 4.79 Å². The number of aromatic nitrogens is 1. The van der Waals surface area contributed by atoms with Crippen molar-refractivity contribution in [3.05, 3.63) is 40.5 Å². The summed E-state index contributed by atoms with van der Waals surface area (Å²) >= 11 is 1.81. The topological polar surface area (TPSA) is 43.7 Å². The fraction of sp³-hybridized carbons (Fsp3) is 0.571. The summed E-state index contributed by atoms with van der Waals surface area (Å²) < 4.78 is 13.5. The number of likely N-dealkylation sites (tertiary alicyclic amines) is 1. The van der Waals surface area contributed by atoms with Gasteiger partial charge < -0.3 is 18.9 Å². The second-order valence-corrected chi connectivity index (χ2v) is 8.80. The normalized spacial score (nSPS) is 21.6. The van der Waals surface area contributed by atoms with Crippen molar-refractivity contribution in [1.82, 2.24) is 9.47 Å². The van der Waals surface area contributed by atoms with Crippen LogP contribution in [0.15, 0.2) is 24.5 Å². The molecule has 0 radical (unpaired) electrons. The Morgan fingerprint density at radius 2 is 1.74 bits per heavy atom. The Morgan fingerprint density at radius 1 is 1.04 bits per heavy atom. The Morgan fingerprint density at radius 3 is 2.48 bits per heavy atom. The van der Waals surface area contributed by atoms with Crippen LogP contribution in [0.5, 0.6) is 0 Å². The van der Waals surface area contributed by atoms with Gasteiger partial charge in [-0.3, -0.25) is 4.79 Å². The summed E-state index contributed by atoms with van der Waals surface area (Å²) in [6.45, 7) is 2.99. The minimum atomic E-state index is -0.0633. The van der Waals surface area contributed by atoms with Crippen molar-refractivity contribution >= 4 is 17.2 Å². The minimum absolute atomic E-state index is 0.0633. The van der Waals surface area contributed by atoms with Crippen molar-refractivity contribution in [1.29, 1.82) is 0 Å². The molecule has 27 heavy (non-hydrogen) atoms. The van der Waals surface area contributed by atoms with E-state index in [0.717, 1.165) is 49.3 Å². The Labute approximate surface area is 163 Å². The van der Waals surface area contributed by atoms with Crippen LogP contribution < -0.4 is 0 Å². The summed E-state index contributed by atoms with van der Waals surface area (Å²) in [5.74, 6) is 0.627. The van der Waals surface area contributed by atoms with Crippen molar-refractivity contribution in [3.8, 4) is 5.00 Å². The van der Waals surface area contributed by atoms with Gasteiger partial charge in [0.2, 0.25) is 0 Å². The van der Waals surface area contributed by atoms with E-state index in [-0.39, 0.29) is 12.2 Å². The molecule has 5 nitrogen and oxygen atoms in total. The maximum Gasteiger partial charge on any atom is 0.257 e. The number of amides is 1. The zero-order valence-corrected chi connectivity index (χ0v) is 16.4. The molecule has 6 heteroatoms. The third-order valence-electron chi connectivity index (χ3n) is 6.06. The lowest BCUT2D eigenvalue weighted by Crippen LogP contribution is -2.42. The zero-order chi connectivity index (χ0) is 18.2. The molecule has 0 spiro atoms. The van der Waals surface area contributed by atoms with Crippen LogP contribution in [0.1, 0.15) is 46.5 Å². The molecular formula is C21H26N2O3S. The molecule has 144 valence electrons. The molecule has 0 aromatic carbocycles. The van der Waals surface area contributed by atoms with E-state index >= 15 is 0 Å². The number of fused-ring (bicyclic) bond motifs is 1. The molecule has 5 rings (SSSR count). The zero-order valence-electron chi connectivity index (χ0n) is 15.6. The predicted octanol–water partition coefficient (Wildman–Crippen LogP) is 3.64. The number of hydrogen-bond acceptors (Lipinski definition) is 4. The third kappa shape index (κ3) is 3.24. The Balaban J connectivity index is 1.39. The first-order valence-electron chi connectivity index (χ1n) is 10.1. The average Bonchev–Trinajstić information content (AvgIpc) is 3.48. The van der Waals surface area contributed by atoms with Gasteiger partial charge in [0, 0.05) is 36.3 Å². The maximum atomic E-state index is 13.5. The van der Waals surface area contributed by atoms with Gasteiger partial charge in [0.15, 0.2) is 6.29 Å². The highest BCUT2D eigenvalue weighted by molar-refractivity contribution is 7.15. The summed E-state index contributed by atoms with van der Waals surface area (Å²) in [6.07, 6.45) is 10.5. The predicted molar refractivity (Wildman–Crippen MR) is 105 cm³/mol. The number of rotatable bonds is 3. The quantitative estimate of drug-likeness (QED) is 0.809. The van der Waals surface area contributed by atoms with E-state index in [2.05, 4.69) is 21.9 Å². The van der Waals surface area contributed by atoms with E-state index in [1.807, 2.05) is 23.5 Å². The molecule has 2 fully saturated rings. The molecule has 0 atom stereocenters. The lowest BCUT2D eigenvalue weighted by atomic mass is 9.93. The second kappa shape index (κ2) is 7.41. The largest absolute Gasteiger partial charge is 0.350 e. The van der Waals surface area contributed by atoms with Gasteiger partial charge in [-0.15, -0.1) is 11.3 Å². The van der Waals surface area contributed by atoms with Crippen LogP contribution in [-0.2, 0) is 22.3 Å². The molecule has 2 aliphatic heterocycles. The second-order valence-electron chi connectivity index (χ2n) is 7.72. The van der Waals surface area contributed by atoms with Gasteiger partial charge in [-0.2, -0.15) is 0 Å². The van der Waals surface area contributed by atoms with Crippen LogP contribution in [0.4, 0.5) is 0 Å². The highest BCUT2D eigenvalue weighted by atomic mass is 32.1. The number of thiophene rings is 1. The first-order chi connectivity index (χ1) is 13.3. The van der Waals surface area contributed by atoms with E-state index in [0.29, 0.717) is 19.1 Å². The molecular weight excluding hydrogens is 360 g/mol. The van der Waals surface area contributed by atoms with Crippen molar-refractivity contribution in [2.45, 2.75) is 44.8 Å². The van der Waals surface area contributed by atoms with Crippen LogP contribution in [0.2, 0.25) is 0 Å². The molecule has 0 bridgehead atoms. The first kappa shape index (κ1) is 17.5. The van der Waals surface area contributed by atoms with Crippen LogP contribution in [-0.4, -0.2) is 48.0 Å². The lowest BCUT2D eigenvalue weighted by molar-refractivity contribution is -0.0956. The number of nitrogens with zero attached hydrogens (tertiary/aromatic N) is 2. The van der Waals surface area contributed by atoms with Gasteiger partial charge in [0.1, 0.15) is 5.00 Å². The molecule has 3 aliphatic rings. The Kier molecular flexibility index (Phi) is 4.80. The van der Waals surface area contributed by atoms with Crippen LogP contribution in [0, 0.1) is 5.92 Å². The van der Waals surface area contributed by atoms with Gasteiger partial charge in [-0.05, 0) is 56.2 Å². The van der Waals surface area contributed by atoms with E-state index in [1.54, 1.807) is 0 Å². The smallest absolute Gasteiger partial charge is 0.257 e. The fourth-order valence-corrected chi connectivity index (χ4v) is 5.95. The molecule has 1 amide bonds. The van der Waals surface area contributed by atoms with Gasteiger partial charge >= 0.3 is 0 Å². The van der Waals surface area contributed by atoms with Crippen molar-refractivity contribution in [2.24, 2.45) is 5.92 Å². The molecule has 2 saturated heterocycles. The fourth-order valence-electron chi connectivity index (χ4n) is 4.61. The van der Waals surface area contributed by atoms with Gasteiger partial charge in [0.25, 0.3) is 5.91 Å². The van der Waals surface area contributed by atoms with Crippen molar-refractivity contribution in [3.63, 3.8) is 0 Å². The van der Waals surface area contributed by atoms with E-state index < -0.39 is 0 Å². The van der Waals surface area contributed by atoms with Crippen molar-refractivity contribution in [2.75, 3.05) is 26.3 Å². The van der Waals surface area contributed by atoms with E-state index in [1.165, 1.54) is 23.3 Å². The molecule has 0 saturated carbocycles. The molecule has 2 aromatic rings. The third-order valence-corrected chi connectivity index (χ3v) is 7.37. The van der Waals surface area contributed by atoms with Gasteiger partial charge in [0.05, 0.1) is 18.8 Å². The molecule has 0 N–H and O–H groups in total. The Hall–Kier alpha value is -1.63. The molecule has 0 unspecified atom stereocenters. The number of ether oxygens (including phenoxy) is 2. The van der Waals surface area contributed by atoms with E-state index in [4.69, 9.17) is 9.47 Å². The maximum absolute atomic E-state index is 13.5. The summed E-state index contributed by atoms with van der Waals surface area (Å²) in [7, 11) is 0. The average molecular weight is 387 g/mol. The van der Waals surface area contributed by atoms with Crippen LogP contribution >= 0.6 is 11.3 Å². The minimum Gasteiger partial charge on any atom is -0.350 e. The molecule has 2 aromatic heterocycles. The van der Waals surface area contributed by atoms with Gasteiger partial charge in [-0.25, -0.2) is 0 Å². The standard InChI is InChI=1S/C21H26N2O3S/c24-19(22-11-7-15(8-12-22)21-25-13-14-26-21)18-16-5-1-2-6-17(16)27-20(18)23-9-3-4-10-23/h3-4,9-10,15,21H,1-2,5-8,11-14H2. The molecule has 1 aliphatic carbocycles. The summed E-state index contributed by atoms with van der Waals surface area (Å²) in [4.78, 5) is 17.0. The summed E-state index contributed by atoms with van der Waals surface area (Å²) in [5.41, 5.74) is 2.27. The van der Waals surface area contributed by atoms with Gasteiger partial charge in [-0.1, -0.05) is 0 Å². The number of piperidine rings is 1. The highest BCUT2D eigenvalue weighted by Gasteiger charge is 2.34. The lowest BCUT2D eigenvalue weighted by Gasteiger charge is -2.34. The van der Waals surface area contributed by atoms with Crippen LogP contribution in [0.3, 0.4) is 0 Å². The van der Waals surface area contributed by atoms with Crippen LogP contribution in [0.25, 0.3) is 5.00 Å². The number of carbonyl (C=O) groups is 1. The highest BCUT2D eigenvalue weighted by Crippen LogP contribution is 2.38. The summed E-state index contributed by atoms with van der Waals surface area (Å²) in [5, 5.41) is 1.10. The monoisotopic (exact) mass is 386 g/mol. The Bertz CT molecular complexity index is 800. The number of carbonyl (C=O) groups excluding carboxylic acids is 1. The molecule has 4 heterocycles. The SMILES string of the molecule is O=C(c1c(-n2cccc2)sc2c1CCCC2)N1CCC(C2OCCO2)CC1. The number of hydrogen-bond donors (Lipinski definition) is 0. The van der Waals surface area contributed by atoms with Crippen molar-refractivity contribution < 1.29 is 14.3 Å².